The average molecular weight is 400 g/mol. The highest BCUT2D eigenvalue weighted by Gasteiger charge is 2.50. The van der Waals surface area contributed by atoms with Crippen LogP contribution >= 0.6 is 0 Å². The molecule has 0 radical (unpaired) electrons. The highest BCUT2D eigenvalue weighted by molar-refractivity contribution is 5.68. The molecule has 6 atom stereocenters. The lowest BCUT2D eigenvalue weighted by atomic mass is 9.87. The molecule has 0 N–H and O–H groups in total. The van der Waals surface area contributed by atoms with E-state index in [0.29, 0.717) is 0 Å². The summed E-state index contributed by atoms with van der Waals surface area (Å²) in [5.41, 5.74) is 0. The van der Waals surface area contributed by atoms with Gasteiger partial charge in [0.1, 0.15) is 6.10 Å². The molecule has 0 aromatic heterocycles. The zero-order valence-electron chi connectivity index (χ0n) is 16.1. The van der Waals surface area contributed by atoms with Gasteiger partial charge in [-0.2, -0.15) is 0 Å². The molecule has 2 rings (SSSR count). The van der Waals surface area contributed by atoms with Crippen molar-refractivity contribution >= 4 is 23.9 Å². The summed E-state index contributed by atoms with van der Waals surface area (Å²) in [6.45, 7) is 4.86. The van der Waals surface area contributed by atoms with Crippen molar-refractivity contribution in [3.63, 3.8) is 0 Å². The van der Waals surface area contributed by atoms with Gasteiger partial charge in [0.25, 0.3) is 0 Å². The maximum absolute atomic E-state index is 11.6. The molecule has 0 spiro atoms. The van der Waals surface area contributed by atoms with Crippen LogP contribution in [0.15, 0.2) is 12.2 Å². The second-order valence-electron chi connectivity index (χ2n) is 6.44. The van der Waals surface area contributed by atoms with Gasteiger partial charge in [-0.15, -0.1) is 0 Å². The summed E-state index contributed by atoms with van der Waals surface area (Å²) in [7, 11) is 0. The number of ether oxygens (including phenoxy) is 6. The molecular formula is C18H24O10. The molecule has 156 valence electrons. The normalized spacial score (nSPS) is 32.1. The maximum Gasteiger partial charge on any atom is 0.304 e. The van der Waals surface area contributed by atoms with E-state index < -0.39 is 60.5 Å². The summed E-state index contributed by atoms with van der Waals surface area (Å²) in [5.74, 6) is -3.04. The molecule has 0 bridgehead atoms. The SMILES string of the molecule is CC(=O)O[C@H]1OC[C@@H](OC(C)=O)[C@H](OC(C)=O)[C@H]1[C@@H]1C=C[C@H](OC(C)=O)CO1. The lowest BCUT2D eigenvalue weighted by Crippen LogP contribution is -2.58. The van der Waals surface area contributed by atoms with E-state index in [0.717, 1.165) is 0 Å². The van der Waals surface area contributed by atoms with Gasteiger partial charge in [-0.05, 0) is 6.08 Å². The van der Waals surface area contributed by atoms with Crippen LogP contribution in [0.5, 0.6) is 0 Å². The fraction of sp³-hybridized carbons (Fsp3) is 0.667. The van der Waals surface area contributed by atoms with Gasteiger partial charge in [-0.25, -0.2) is 0 Å². The minimum Gasteiger partial charge on any atom is -0.458 e. The van der Waals surface area contributed by atoms with E-state index in [2.05, 4.69) is 0 Å². The number of esters is 4. The summed E-state index contributed by atoms with van der Waals surface area (Å²) in [6.07, 6.45) is -1.01. The number of carbonyl (C=O) groups is 4. The molecule has 0 aliphatic carbocycles. The number of rotatable bonds is 5. The standard InChI is InChI=1S/C18H24O10/c1-9(19)25-13-5-6-14(23-7-13)16-17(27-11(3)21)15(26-10(2)20)8-24-18(16)28-12(4)22/h5-6,13-18H,7-8H2,1-4H3/t13-,14-,15+,16+,17-,18+/m0/s1. The summed E-state index contributed by atoms with van der Waals surface area (Å²) in [5, 5.41) is 0. The van der Waals surface area contributed by atoms with E-state index in [1.807, 2.05) is 0 Å². The predicted molar refractivity (Wildman–Crippen MR) is 90.5 cm³/mol. The van der Waals surface area contributed by atoms with E-state index in [4.69, 9.17) is 28.4 Å². The molecule has 10 heteroatoms. The molecule has 2 heterocycles. The van der Waals surface area contributed by atoms with Crippen molar-refractivity contribution < 1.29 is 47.6 Å². The third-order valence-corrected chi connectivity index (χ3v) is 4.05. The smallest absolute Gasteiger partial charge is 0.304 e. The van der Waals surface area contributed by atoms with Crippen molar-refractivity contribution in [1.82, 2.24) is 0 Å². The van der Waals surface area contributed by atoms with Gasteiger partial charge in [-0.1, -0.05) is 6.08 Å². The fourth-order valence-corrected chi connectivity index (χ4v) is 3.15. The van der Waals surface area contributed by atoms with Crippen molar-refractivity contribution in [3.8, 4) is 0 Å². The zero-order valence-corrected chi connectivity index (χ0v) is 16.1. The average Bonchev–Trinajstić information content (AvgIpc) is 2.56. The second-order valence-corrected chi connectivity index (χ2v) is 6.44. The number of hydrogen-bond donors (Lipinski definition) is 0. The van der Waals surface area contributed by atoms with Gasteiger partial charge in [0, 0.05) is 27.7 Å². The third kappa shape index (κ3) is 6.03. The van der Waals surface area contributed by atoms with Crippen LogP contribution in [-0.4, -0.2) is 67.8 Å². The molecule has 0 aromatic rings. The summed E-state index contributed by atoms with van der Waals surface area (Å²) >= 11 is 0. The van der Waals surface area contributed by atoms with E-state index in [-0.39, 0.29) is 13.2 Å². The Balaban J connectivity index is 2.29. The van der Waals surface area contributed by atoms with Gasteiger partial charge in [0.15, 0.2) is 12.2 Å². The summed E-state index contributed by atoms with van der Waals surface area (Å²) < 4.78 is 32.2. The number of carbonyl (C=O) groups excluding carboxylic acids is 4. The molecule has 2 aliphatic heterocycles. The maximum atomic E-state index is 11.6. The largest absolute Gasteiger partial charge is 0.458 e. The van der Waals surface area contributed by atoms with Crippen LogP contribution in [0.25, 0.3) is 0 Å². The van der Waals surface area contributed by atoms with Crippen LogP contribution in [0.4, 0.5) is 0 Å². The van der Waals surface area contributed by atoms with Crippen LogP contribution in [-0.2, 0) is 47.6 Å². The molecule has 0 aromatic carbocycles. The third-order valence-electron chi connectivity index (χ3n) is 4.05. The molecule has 1 saturated heterocycles. The first-order chi connectivity index (χ1) is 13.2. The van der Waals surface area contributed by atoms with Crippen molar-refractivity contribution in [2.75, 3.05) is 13.2 Å². The fourth-order valence-electron chi connectivity index (χ4n) is 3.15. The first-order valence-electron chi connectivity index (χ1n) is 8.77. The molecule has 2 aliphatic rings. The Labute approximate surface area is 162 Å². The highest BCUT2D eigenvalue weighted by Crippen LogP contribution is 2.33. The van der Waals surface area contributed by atoms with Crippen molar-refractivity contribution in [3.05, 3.63) is 12.2 Å². The first-order valence-corrected chi connectivity index (χ1v) is 8.77. The molecule has 28 heavy (non-hydrogen) atoms. The Kier molecular flexibility index (Phi) is 7.53. The second kappa shape index (κ2) is 9.65. The van der Waals surface area contributed by atoms with Crippen molar-refractivity contribution in [2.24, 2.45) is 5.92 Å². The topological polar surface area (TPSA) is 124 Å². The van der Waals surface area contributed by atoms with Gasteiger partial charge >= 0.3 is 23.9 Å². The Hall–Kier alpha value is -2.46. The van der Waals surface area contributed by atoms with Crippen LogP contribution < -0.4 is 0 Å². The lowest BCUT2D eigenvalue weighted by Gasteiger charge is -2.43. The Morgan fingerprint density at radius 3 is 1.86 bits per heavy atom. The van der Waals surface area contributed by atoms with E-state index >= 15 is 0 Å². The zero-order chi connectivity index (χ0) is 20.8. The van der Waals surface area contributed by atoms with E-state index in [1.54, 1.807) is 12.2 Å². The van der Waals surface area contributed by atoms with E-state index in [9.17, 15) is 19.2 Å². The van der Waals surface area contributed by atoms with Crippen LogP contribution in [0.2, 0.25) is 0 Å². The molecule has 0 amide bonds. The predicted octanol–water partition coefficient (Wildman–Crippen LogP) is 0.272. The van der Waals surface area contributed by atoms with Gasteiger partial charge in [0.2, 0.25) is 6.29 Å². The highest BCUT2D eigenvalue weighted by atomic mass is 16.7. The lowest BCUT2D eigenvalue weighted by molar-refractivity contribution is -0.268. The molecular weight excluding hydrogens is 376 g/mol. The van der Waals surface area contributed by atoms with Crippen LogP contribution in [0, 0.1) is 5.92 Å². The molecule has 0 unspecified atom stereocenters. The first kappa shape index (κ1) is 21.8. The molecule has 1 fully saturated rings. The monoisotopic (exact) mass is 400 g/mol. The molecule has 10 nitrogen and oxygen atoms in total. The minimum absolute atomic E-state index is 0.0507. The summed E-state index contributed by atoms with van der Waals surface area (Å²) in [4.78, 5) is 45.7. The Bertz CT molecular complexity index is 642. The Morgan fingerprint density at radius 2 is 1.36 bits per heavy atom. The Morgan fingerprint density at radius 1 is 0.750 bits per heavy atom. The minimum atomic E-state index is -1.09. The number of hydrogen-bond acceptors (Lipinski definition) is 10. The van der Waals surface area contributed by atoms with Crippen LogP contribution in [0.1, 0.15) is 27.7 Å². The van der Waals surface area contributed by atoms with Crippen molar-refractivity contribution in [2.45, 2.75) is 58.4 Å². The molecule has 0 saturated carbocycles. The van der Waals surface area contributed by atoms with Gasteiger partial charge in [0.05, 0.1) is 25.2 Å². The van der Waals surface area contributed by atoms with Gasteiger partial charge < -0.3 is 28.4 Å². The van der Waals surface area contributed by atoms with Crippen molar-refractivity contribution in [1.29, 1.82) is 0 Å². The summed E-state index contributed by atoms with van der Waals surface area (Å²) in [6, 6.07) is 0. The van der Waals surface area contributed by atoms with E-state index in [1.165, 1.54) is 27.7 Å². The quantitative estimate of drug-likeness (QED) is 0.361. The van der Waals surface area contributed by atoms with Crippen LogP contribution in [0.3, 0.4) is 0 Å². The van der Waals surface area contributed by atoms with Gasteiger partial charge in [-0.3, -0.25) is 19.2 Å².